The number of rotatable bonds is 2. The summed E-state index contributed by atoms with van der Waals surface area (Å²) in [5.41, 5.74) is 2.02. The van der Waals surface area contributed by atoms with E-state index in [-0.39, 0.29) is 0 Å². The third kappa shape index (κ3) is 2.97. The lowest BCUT2D eigenvalue weighted by Gasteiger charge is -2.09. The van der Waals surface area contributed by atoms with E-state index in [0.717, 1.165) is 10.2 Å². The lowest BCUT2D eigenvalue weighted by atomic mass is 10.2. The highest BCUT2D eigenvalue weighted by molar-refractivity contribution is 9.10. The van der Waals surface area contributed by atoms with Gasteiger partial charge in [-0.25, -0.2) is 0 Å². The van der Waals surface area contributed by atoms with Crippen molar-refractivity contribution in [2.24, 2.45) is 0 Å². The van der Waals surface area contributed by atoms with E-state index in [1.807, 2.05) is 12.1 Å². The van der Waals surface area contributed by atoms with E-state index >= 15 is 0 Å². The Bertz CT molecular complexity index is 635. The predicted molar refractivity (Wildman–Crippen MR) is 78.6 cm³/mol. The highest BCUT2D eigenvalue weighted by Gasteiger charge is 2.05. The average Bonchev–Trinajstić information content (AvgIpc) is 2.34. The fraction of sp³-hybridized carbons (Fsp3) is 0. The van der Waals surface area contributed by atoms with Crippen LogP contribution in [0.25, 0.3) is 0 Å². The molecule has 2 aromatic rings. The van der Waals surface area contributed by atoms with Crippen LogP contribution in [0.2, 0.25) is 10.0 Å². The minimum absolute atomic E-state index is 0.533. The van der Waals surface area contributed by atoms with Crippen molar-refractivity contribution in [3.8, 4) is 6.07 Å². The van der Waals surface area contributed by atoms with Crippen molar-refractivity contribution < 1.29 is 0 Å². The molecular weight excluding hydrogens is 335 g/mol. The van der Waals surface area contributed by atoms with E-state index in [1.54, 1.807) is 24.3 Å². The van der Waals surface area contributed by atoms with Gasteiger partial charge in [-0.05, 0) is 52.3 Å². The van der Waals surface area contributed by atoms with Crippen LogP contribution >= 0.6 is 39.1 Å². The summed E-state index contributed by atoms with van der Waals surface area (Å²) >= 11 is 15.2. The Morgan fingerprint density at radius 1 is 1.11 bits per heavy atom. The van der Waals surface area contributed by atoms with Gasteiger partial charge in [0.2, 0.25) is 0 Å². The van der Waals surface area contributed by atoms with E-state index in [4.69, 9.17) is 28.5 Å². The fourth-order valence-electron chi connectivity index (χ4n) is 1.45. The fourth-order valence-corrected chi connectivity index (χ4v) is 2.12. The monoisotopic (exact) mass is 340 g/mol. The Labute approximate surface area is 123 Å². The minimum Gasteiger partial charge on any atom is -0.354 e. The molecule has 0 atom stereocenters. The zero-order valence-electron chi connectivity index (χ0n) is 9.05. The van der Waals surface area contributed by atoms with Crippen LogP contribution in [0.1, 0.15) is 5.56 Å². The van der Waals surface area contributed by atoms with Crippen LogP contribution in [0, 0.1) is 11.3 Å². The summed E-state index contributed by atoms with van der Waals surface area (Å²) < 4.78 is 0.787. The first kappa shape index (κ1) is 13.2. The number of benzene rings is 2. The van der Waals surface area contributed by atoms with Crippen LogP contribution in [-0.2, 0) is 0 Å². The van der Waals surface area contributed by atoms with E-state index in [9.17, 15) is 0 Å². The van der Waals surface area contributed by atoms with E-state index in [2.05, 4.69) is 27.3 Å². The highest BCUT2D eigenvalue weighted by Crippen LogP contribution is 2.29. The second-order valence-corrected chi connectivity index (χ2v) is 5.25. The first-order valence-corrected chi connectivity index (χ1v) is 6.57. The van der Waals surface area contributed by atoms with Gasteiger partial charge >= 0.3 is 0 Å². The second-order valence-electron chi connectivity index (χ2n) is 3.56. The van der Waals surface area contributed by atoms with Gasteiger partial charge in [-0.3, -0.25) is 0 Å². The number of nitrogens with zero attached hydrogens (tertiary/aromatic N) is 1. The van der Waals surface area contributed by atoms with Crippen molar-refractivity contribution in [2.45, 2.75) is 0 Å². The standard InChI is InChI=1S/C13H7BrCl2N2/c14-11-6-10(3-4-12(11)16)18-13-5-9(15)2-1-8(13)7-17/h1-6,18H. The summed E-state index contributed by atoms with van der Waals surface area (Å²) in [4.78, 5) is 0. The molecule has 2 nitrogen and oxygen atoms in total. The largest absolute Gasteiger partial charge is 0.354 e. The molecule has 0 bridgehead atoms. The number of nitriles is 1. The van der Waals surface area contributed by atoms with Gasteiger partial charge in [0.15, 0.2) is 0 Å². The Balaban J connectivity index is 2.36. The molecule has 2 aromatic carbocycles. The normalized spacial score (nSPS) is 9.89. The Morgan fingerprint density at radius 3 is 2.56 bits per heavy atom. The van der Waals surface area contributed by atoms with Gasteiger partial charge in [0, 0.05) is 15.2 Å². The van der Waals surface area contributed by atoms with Crippen molar-refractivity contribution in [3.63, 3.8) is 0 Å². The van der Waals surface area contributed by atoms with E-state index in [1.165, 1.54) is 0 Å². The summed E-state index contributed by atoms with van der Waals surface area (Å²) in [7, 11) is 0. The summed E-state index contributed by atoms with van der Waals surface area (Å²) in [6.07, 6.45) is 0. The smallest absolute Gasteiger partial charge is 0.101 e. The van der Waals surface area contributed by atoms with Crippen LogP contribution < -0.4 is 5.32 Å². The number of nitrogens with one attached hydrogen (secondary N) is 1. The van der Waals surface area contributed by atoms with Gasteiger partial charge in [-0.2, -0.15) is 5.26 Å². The third-order valence-electron chi connectivity index (χ3n) is 2.30. The molecule has 0 amide bonds. The highest BCUT2D eigenvalue weighted by atomic mass is 79.9. The zero-order chi connectivity index (χ0) is 13.1. The molecule has 1 N–H and O–H groups in total. The van der Waals surface area contributed by atoms with Gasteiger partial charge in [0.1, 0.15) is 6.07 Å². The third-order valence-corrected chi connectivity index (χ3v) is 3.75. The van der Waals surface area contributed by atoms with Gasteiger partial charge in [0.25, 0.3) is 0 Å². The Hall–Kier alpha value is -1.21. The van der Waals surface area contributed by atoms with Crippen molar-refractivity contribution in [2.75, 3.05) is 5.32 Å². The second kappa shape index (κ2) is 5.62. The van der Waals surface area contributed by atoms with E-state index in [0.29, 0.717) is 21.3 Å². The summed E-state index contributed by atoms with van der Waals surface area (Å²) in [6.45, 7) is 0. The zero-order valence-corrected chi connectivity index (χ0v) is 12.1. The van der Waals surface area contributed by atoms with E-state index < -0.39 is 0 Å². The molecule has 5 heteroatoms. The van der Waals surface area contributed by atoms with Gasteiger partial charge in [-0.1, -0.05) is 23.2 Å². The Kier molecular flexibility index (Phi) is 4.13. The van der Waals surface area contributed by atoms with Gasteiger partial charge < -0.3 is 5.32 Å². The Morgan fingerprint density at radius 2 is 1.89 bits per heavy atom. The SMILES string of the molecule is N#Cc1ccc(Cl)cc1Nc1ccc(Cl)c(Br)c1. The maximum Gasteiger partial charge on any atom is 0.101 e. The van der Waals surface area contributed by atoms with Crippen LogP contribution in [-0.4, -0.2) is 0 Å². The van der Waals surface area contributed by atoms with Crippen LogP contribution in [0.4, 0.5) is 11.4 Å². The topological polar surface area (TPSA) is 35.8 Å². The van der Waals surface area contributed by atoms with Crippen molar-refractivity contribution in [1.82, 2.24) is 0 Å². The molecule has 18 heavy (non-hydrogen) atoms. The molecule has 0 aromatic heterocycles. The lowest BCUT2D eigenvalue weighted by Crippen LogP contribution is -1.93. The molecule has 90 valence electrons. The molecule has 2 rings (SSSR count). The molecule has 0 saturated carbocycles. The quantitative estimate of drug-likeness (QED) is 0.796. The molecule has 0 saturated heterocycles. The van der Waals surface area contributed by atoms with Crippen molar-refractivity contribution >= 4 is 50.5 Å². The number of anilines is 2. The van der Waals surface area contributed by atoms with Crippen molar-refractivity contribution in [3.05, 3.63) is 56.5 Å². The van der Waals surface area contributed by atoms with Crippen LogP contribution in [0.3, 0.4) is 0 Å². The molecule has 0 fully saturated rings. The van der Waals surface area contributed by atoms with Crippen molar-refractivity contribution in [1.29, 1.82) is 5.26 Å². The first-order valence-electron chi connectivity index (χ1n) is 5.02. The van der Waals surface area contributed by atoms with Gasteiger partial charge in [0.05, 0.1) is 16.3 Å². The number of hydrogen-bond donors (Lipinski definition) is 1. The maximum absolute atomic E-state index is 9.02. The average molecular weight is 342 g/mol. The van der Waals surface area contributed by atoms with Crippen LogP contribution in [0.5, 0.6) is 0 Å². The molecule has 0 aliphatic carbocycles. The molecule has 0 spiro atoms. The molecule has 0 radical (unpaired) electrons. The van der Waals surface area contributed by atoms with Crippen LogP contribution in [0.15, 0.2) is 40.9 Å². The number of hydrogen-bond acceptors (Lipinski definition) is 2. The summed E-state index contributed by atoms with van der Waals surface area (Å²) in [5.74, 6) is 0. The molecule has 0 unspecified atom stereocenters. The molecular formula is C13H7BrCl2N2. The number of halogens is 3. The molecule has 0 heterocycles. The maximum atomic E-state index is 9.02. The van der Waals surface area contributed by atoms with Gasteiger partial charge in [-0.15, -0.1) is 0 Å². The minimum atomic E-state index is 0.533. The molecule has 0 aliphatic rings. The molecule has 0 aliphatic heterocycles. The summed E-state index contributed by atoms with van der Waals surface area (Å²) in [6, 6.07) is 12.6. The predicted octanol–water partition coefficient (Wildman–Crippen LogP) is 5.37. The lowest BCUT2D eigenvalue weighted by molar-refractivity contribution is 1.46. The summed E-state index contributed by atoms with van der Waals surface area (Å²) in [5, 5.41) is 13.4. The first-order chi connectivity index (χ1) is 8.60.